The normalized spacial score (nSPS) is 10.6. The summed E-state index contributed by atoms with van der Waals surface area (Å²) in [6.07, 6.45) is 0. The second-order valence-corrected chi connectivity index (χ2v) is 8.82. The zero-order chi connectivity index (χ0) is 22.7. The summed E-state index contributed by atoms with van der Waals surface area (Å²) in [5.41, 5.74) is 2.18. The summed E-state index contributed by atoms with van der Waals surface area (Å²) in [6, 6.07) is 13.8. The van der Waals surface area contributed by atoms with Crippen molar-refractivity contribution < 1.29 is 14.3 Å². The van der Waals surface area contributed by atoms with Crippen LogP contribution in [0, 0.1) is 6.92 Å². The van der Waals surface area contributed by atoms with Crippen LogP contribution in [0.1, 0.15) is 26.4 Å². The molecule has 0 aliphatic rings. The fourth-order valence-corrected chi connectivity index (χ4v) is 4.84. The molecule has 0 fully saturated rings. The van der Waals surface area contributed by atoms with Crippen molar-refractivity contribution in [3.05, 3.63) is 75.8 Å². The first kappa shape index (κ1) is 21.9. The number of carbonyl (C=O) groups is 2. The molecule has 2 aromatic carbocycles. The van der Waals surface area contributed by atoms with Crippen LogP contribution in [0.2, 0.25) is 5.02 Å². The summed E-state index contributed by atoms with van der Waals surface area (Å²) in [4.78, 5) is 34.8. The first-order chi connectivity index (χ1) is 15.5. The summed E-state index contributed by atoms with van der Waals surface area (Å²) in [6.45, 7) is 1.84. The minimum Gasteiger partial charge on any atom is -0.496 e. The smallest absolute Gasteiger partial charge is 0.261 e. The number of ether oxygens (including phenoxy) is 1. The van der Waals surface area contributed by atoms with Crippen molar-refractivity contribution in [2.75, 3.05) is 17.7 Å². The molecule has 162 valence electrons. The first-order valence-electron chi connectivity index (χ1n) is 9.40. The molecule has 0 unspecified atom stereocenters. The molecule has 2 N–H and O–H groups in total. The van der Waals surface area contributed by atoms with Crippen LogP contribution in [0.5, 0.6) is 5.75 Å². The van der Waals surface area contributed by atoms with E-state index in [1.807, 2.05) is 12.3 Å². The average molecular weight is 485 g/mol. The zero-order valence-corrected chi connectivity index (χ0v) is 19.4. The van der Waals surface area contributed by atoms with E-state index in [9.17, 15) is 9.59 Å². The Morgan fingerprint density at radius 1 is 0.938 bits per heavy atom. The van der Waals surface area contributed by atoms with Crippen LogP contribution >= 0.6 is 34.3 Å². The third-order valence-electron chi connectivity index (χ3n) is 4.44. The van der Waals surface area contributed by atoms with E-state index in [1.165, 1.54) is 29.8 Å². The summed E-state index contributed by atoms with van der Waals surface area (Å²) in [7, 11) is 1.52. The third kappa shape index (κ3) is 4.64. The van der Waals surface area contributed by atoms with Crippen molar-refractivity contribution in [1.29, 1.82) is 0 Å². The first-order valence-corrected chi connectivity index (χ1v) is 11.5. The Kier molecular flexibility index (Phi) is 6.50. The molecule has 0 atom stereocenters. The molecule has 4 aromatic rings. The molecular weight excluding hydrogens is 468 g/mol. The molecule has 2 heterocycles. The Hall–Kier alpha value is -3.27. The van der Waals surface area contributed by atoms with Gasteiger partial charge in [0, 0.05) is 5.38 Å². The molecule has 2 aromatic heterocycles. The minimum atomic E-state index is -0.331. The fraction of sp³-hybridized carbons (Fsp3) is 0.0909. The van der Waals surface area contributed by atoms with Gasteiger partial charge in [-0.1, -0.05) is 47.2 Å². The van der Waals surface area contributed by atoms with Gasteiger partial charge in [-0.3, -0.25) is 20.2 Å². The van der Waals surface area contributed by atoms with Crippen LogP contribution in [0.4, 0.5) is 10.3 Å². The van der Waals surface area contributed by atoms with Gasteiger partial charge < -0.3 is 4.74 Å². The molecule has 0 spiro atoms. The maximum atomic E-state index is 12.6. The number of para-hydroxylation sites is 1. The summed E-state index contributed by atoms with van der Waals surface area (Å²) >= 11 is 8.69. The van der Waals surface area contributed by atoms with Crippen LogP contribution in [0.3, 0.4) is 0 Å². The topological polar surface area (TPSA) is 93.2 Å². The van der Waals surface area contributed by atoms with Crippen LogP contribution < -0.4 is 15.4 Å². The number of nitrogens with zero attached hydrogens (tertiary/aromatic N) is 2. The minimum absolute atomic E-state index is 0.311. The zero-order valence-electron chi connectivity index (χ0n) is 17.0. The van der Waals surface area contributed by atoms with E-state index in [2.05, 4.69) is 20.6 Å². The lowest BCUT2D eigenvalue weighted by atomic mass is 10.2. The number of hydrogen-bond donors (Lipinski definition) is 2. The second kappa shape index (κ2) is 9.47. The number of aryl methyl sites for hydroxylation is 1. The van der Waals surface area contributed by atoms with Gasteiger partial charge in [-0.05, 0) is 31.2 Å². The van der Waals surface area contributed by atoms with Gasteiger partial charge in [0.25, 0.3) is 11.8 Å². The molecule has 32 heavy (non-hydrogen) atoms. The van der Waals surface area contributed by atoms with E-state index in [1.54, 1.807) is 48.5 Å². The van der Waals surface area contributed by atoms with Crippen molar-refractivity contribution in [2.45, 2.75) is 6.92 Å². The van der Waals surface area contributed by atoms with Crippen molar-refractivity contribution in [1.82, 2.24) is 9.97 Å². The maximum absolute atomic E-state index is 12.6. The number of benzene rings is 2. The highest BCUT2D eigenvalue weighted by atomic mass is 35.5. The Morgan fingerprint density at radius 3 is 2.34 bits per heavy atom. The van der Waals surface area contributed by atoms with Crippen LogP contribution in [-0.2, 0) is 0 Å². The average Bonchev–Trinajstić information content (AvgIpc) is 3.39. The molecule has 2 amide bonds. The molecule has 0 radical (unpaired) electrons. The van der Waals surface area contributed by atoms with Gasteiger partial charge in [0.1, 0.15) is 5.75 Å². The predicted molar refractivity (Wildman–Crippen MR) is 128 cm³/mol. The molecule has 0 bridgehead atoms. The molecule has 0 saturated carbocycles. The monoisotopic (exact) mass is 484 g/mol. The van der Waals surface area contributed by atoms with E-state index >= 15 is 0 Å². The quantitative estimate of drug-likeness (QED) is 0.364. The number of amides is 2. The summed E-state index contributed by atoms with van der Waals surface area (Å²) < 4.78 is 5.25. The molecule has 7 nitrogen and oxygen atoms in total. The van der Waals surface area contributed by atoms with Gasteiger partial charge >= 0.3 is 0 Å². The molecule has 4 rings (SSSR count). The molecule has 10 heteroatoms. The lowest BCUT2D eigenvalue weighted by Crippen LogP contribution is -2.12. The van der Waals surface area contributed by atoms with Gasteiger partial charge in [-0.15, -0.1) is 11.3 Å². The number of methoxy groups -OCH3 is 1. The van der Waals surface area contributed by atoms with Crippen molar-refractivity contribution in [2.24, 2.45) is 0 Å². The summed E-state index contributed by atoms with van der Waals surface area (Å²) in [5, 5.41) is 8.66. The van der Waals surface area contributed by atoms with E-state index in [4.69, 9.17) is 16.3 Å². The molecule has 0 saturated heterocycles. The Bertz CT molecular complexity index is 1300. The third-order valence-corrected chi connectivity index (χ3v) is 6.63. The maximum Gasteiger partial charge on any atom is 0.261 e. The number of halogens is 1. The van der Waals surface area contributed by atoms with Gasteiger partial charge in [-0.25, -0.2) is 9.97 Å². The van der Waals surface area contributed by atoms with Crippen molar-refractivity contribution >= 4 is 56.4 Å². The number of carbonyl (C=O) groups excluding carboxylic acids is 2. The van der Waals surface area contributed by atoms with Crippen LogP contribution in [-0.4, -0.2) is 28.9 Å². The van der Waals surface area contributed by atoms with Crippen molar-refractivity contribution in [3.63, 3.8) is 0 Å². The van der Waals surface area contributed by atoms with Crippen LogP contribution in [0.25, 0.3) is 10.6 Å². The number of anilines is 2. The van der Waals surface area contributed by atoms with Crippen molar-refractivity contribution in [3.8, 4) is 16.3 Å². The highest BCUT2D eigenvalue weighted by molar-refractivity contribution is 7.20. The van der Waals surface area contributed by atoms with E-state index < -0.39 is 0 Å². The number of rotatable bonds is 6. The van der Waals surface area contributed by atoms with E-state index in [0.29, 0.717) is 37.9 Å². The van der Waals surface area contributed by atoms with E-state index in [0.717, 1.165) is 10.6 Å². The fourth-order valence-electron chi connectivity index (χ4n) is 2.93. The molecular formula is C22H17ClN4O3S2. The largest absolute Gasteiger partial charge is 0.496 e. The SMILES string of the molecule is COc1ccccc1C(=O)Nc1nc(C)c(-c2csc(NC(=O)c3ccccc3Cl)n2)s1. The number of thiazole rings is 2. The lowest BCUT2D eigenvalue weighted by molar-refractivity contribution is 0.101. The number of nitrogens with one attached hydrogen (secondary N) is 2. The number of hydrogen-bond acceptors (Lipinski definition) is 7. The van der Waals surface area contributed by atoms with Gasteiger partial charge in [0.2, 0.25) is 0 Å². The highest BCUT2D eigenvalue weighted by Gasteiger charge is 2.18. The van der Waals surface area contributed by atoms with Gasteiger partial charge in [-0.2, -0.15) is 0 Å². The molecule has 0 aliphatic carbocycles. The predicted octanol–water partition coefficient (Wildman–Crippen LogP) is 5.74. The Morgan fingerprint density at radius 2 is 1.59 bits per heavy atom. The molecule has 0 aliphatic heterocycles. The Labute approximate surface area is 197 Å². The highest BCUT2D eigenvalue weighted by Crippen LogP contribution is 2.35. The standard InChI is InChI=1S/C22H17ClN4O3S2/c1-12-18(32-22(24-12)27-20(29)14-8-4-6-10-17(14)30-2)16-11-31-21(25-16)26-19(28)13-7-3-5-9-15(13)23/h3-11H,1-2H3,(H,24,27,29)(H,25,26,28). The number of aromatic nitrogens is 2. The van der Waals surface area contributed by atoms with Gasteiger partial charge in [0.05, 0.1) is 39.5 Å². The van der Waals surface area contributed by atoms with E-state index in [-0.39, 0.29) is 11.8 Å². The second-order valence-electron chi connectivity index (χ2n) is 6.56. The summed E-state index contributed by atoms with van der Waals surface area (Å²) in [5.74, 6) is -0.159. The Balaban J connectivity index is 1.50. The van der Waals surface area contributed by atoms with Crippen LogP contribution in [0.15, 0.2) is 53.9 Å². The lowest BCUT2D eigenvalue weighted by Gasteiger charge is -2.06. The van der Waals surface area contributed by atoms with Gasteiger partial charge in [0.15, 0.2) is 10.3 Å².